The van der Waals surface area contributed by atoms with E-state index in [-0.39, 0.29) is 17.9 Å². The normalized spacial score (nSPS) is 18.4. The van der Waals surface area contributed by atoms with E-state index in [1.165, 1.54) is 0 Å². The number of aromatic nitrogens is 2. The molecule has 1 aliphatic heterocycles. The van der Waals surface area contributed by atoms with E-state index >= 15 is 0 Å². The lowest BCUT2D eigenvalue weighted by Crippen LogP contribution is -2.34. The molecule has 22 heavy (non-hydrogen) atoms. The number of amides is 1. The highest BCUT2D eigenvalue weighted by atomic mass is 32.1. The van der Waals surface area contributed by atoms with Crippen LogP contribution in [0, 0.1) is 5.92 Å². The Labute approximate surface area is 134 Å². The lowest BCUT2D eigenvalue weighted by atomic mass is 10.2. The van der Waals surface area contributed by atoms with Gasteiger partial charge in [-0.1, -0.05) is 20.8 Å². The van der Waals surface area contributed by atoms with E-state index in [0.29, 0.717) is 0 Å². The molecule has 1 aliphatic rings. The Morgan fingerprint density at radius 3 is 3.05 bits per heavy atom. The van der Waals surface area contributed by atoms with Gasteiger partial charge < -0.3 is 10.2 Å². The highest BCUT2D eigenvalue weighted by Crippen LogP contribution is 2.27. The molecule has 118 valence electrons. The number of thiophene rings is 1. The molecule has 3 heterocycles. The van der Waals surface area contributed by atoms with Crippen LogP contribution in [0.25, 0.3) is 10.2 Å². The molecular weight excluding hydrogens is 296 g/mol. The predicted molar refractivity (Wildman–Crippen MR) is 90.2 cm³/mol. The molecule has 0 aliphatic carbocycles. The van der Waals surface area contributed by atoms with Crippen LogP contribution in [0.4, 0.5) is 5.82 Å². The van der Waals surface area contributed by atoms with E-state index in [2.05, 4.69) is 28.3 Å². The summed E-state index contributed by atoms with van der Waals surface area (Å²) in [5, 5.41) is 6.66. The summed E-state index contributed by atoms with van der Waals surface area (Å²) in [6.45, 7) is 7.56. The summed E-state index contributed by atoms with van der Waals surface area (Å²) in [5.74, 6) is 2.08. The molecule has 6 heteroatoms. The van der Waals surface area contributed by atoms with Crippen LogP contribution in [0.15, 0.2) is 11.4 Å². The van der Waals surface area contributed by atoms with Crippen LogP contribution in [0.2, 0.25) is 0 Å². The minimum Gasteiger partial charge on any atom is -0.365 e. The molecule has 1 atom stereocenters. The molecule has 0 saturated carbocycles. The molecule has 0 bridgehead atoms. The lowest BCUT2D eigenvalue weighted by Gasteiger charge is -2.19. The first kappa shape index (κ1) is 15.2. The van der Waals surface area contributed by atoms with Gasteiger partial charge in [0, 0.05) is 31.5 Å². The number of aryl methyl sites for hydroxylation is 1. The second-order valence-electron chi connectivity index (χ2n) is 6.05. The van der Waals surface area contributed by atoms with Crippen LogP contribution < -0.4 is 5.32 Å². The molecule has 3 rings (SSSR count). The van der Waals surface area contributed by atoms with Gasteiger partial charge in [-0.2, -0.15) is 0 Å². The second kappa shape index (κ2) is 6.20. The highest BCUT2D eigenvalue weighted by molar-refractivity contribution is 7.16. The van der Waals surface area contributed by atoms with Crippen LogP contribution in [0.5, 0.6) is 0 Å². The topological polar surface area (TPSA) is 58.1 Å². The first-order valence-corrected chi connectivity index (χ1v) is 8.76. The summed E-state index contributed by atoms with van der Waals surface area (Å²) in [5.41, 5.74) is 0. The van der Waals surface area contributed by atoms with Crippen LogP contribution in [-0.4, -0.2) is 39.9 Å². The van der Waals surface area contributed by atoms with Crippen LogP contribution in [0.3, 0.4) is 0 Å². The van der Waals surface area contributed by atoms with E-state index in [4.69, 9.17) is 0 Å². The first-order chi connectivity index (χ1) is 10.6. The van der Waals surface area contributed by atoms with Gasteiger partial charge >= 0.3 is 0 Å². The minimum atomic E-state index is 0.0630. The zero-order valence-electron chi connectivity index (χ0n) is 13.3. The molecule has 0 aromatic carbocycles. The molecular formula is C16H22N4OS. The number of carbonyl (C=O) groups excluding carboxylic acids is 1. The van der Waals surface area contributed by atoms with Crippen molar-refractivity contribution < 1.29 is 4.79 Å². The third kappa shape index (κ3) is 2.92. The minimum absolute atomic E-state index is 0.0630. The van der Waals surface area contributed by atoms with Crippen molar-refractivity contribution in [3.05, 3.63) is 17.3 Å². The molecule has 0 radical (unpaired) electrons. The van der Waals surface area contributed by atoms with Crippen molar-refractivity contribution in [3.8, 4) is 0 Å². The molecule has 1 saturated heterocycles. The maximum atomic E-state index is 12.1. The SMILES string of the molecule is CCc1nc(NC2CCN(C(=O)C(C)C)C2)c2ccsc2n1. The van der Waals surface area contributed by atoms with Crippen molar-refractivity contribution in [2.75, 3.05) is 18.4 Å². The highest BCUT2D eigenvalue weighted by Gasteiger charge is 2.28. The van der Waals surface area contributed by atoms with Crippen molar-refractivity contribution in [1.82, 2.24) is 14.9 Å². The summed E-state index contributed by atoms with van der Waals surface area (Å²) >= 11 is 1.64. The zero-order valence-corrected chi connectivity index (χ0v) is 14.1. The van der Waals surface area contributed by atoms with Crippen molar-refractivity contribution in [3.63, 3.8) is 0 Å². The fourth-order valence-electron chi connectivity index (χ4n) is 2.80. The standard InChI is InChI=1S/C16H22N4OS/c1-4-13-18-14(12-6-8-22-15(12)19-13)17-11-5-7-20(9-11)16(21)10(2)3/h6,8,10-11H,4-5,7,9H2,1-3H3,(H,17,18,19). The molecule has 1 unspecified atom stereocenters. The molecule has 1 N–H and O–H groups in total. The van der Waals surface area contributed by atoms with Gasteiger partial charge in [0.25, 0.3) is 0 Å². The average molecular weight is 318 g/mol. The van der Waals surface area contributed by atoms with Gasteiger partial charge in [-0.15, -0.1) is 11.3 Å². The van der Waals surface area contributed by atoms with Crippen LogP contribution in [-0.2, 0) is 11.2 Å². The molecule has 1 fully saturated rings. The molecule has 2 aromatic rings. The van der Waals surface area contributed by atoms with Gasteiger partial charge in [-0.25, -0.2) is 9.97 Å². The molecule has 2 aromatic heterocycles. The lowest BCUT2D eigenvalue weighted by molar-refractivity contribution is -0.133. The number of likely N-dealkylation sites (tertiary alicyclic amines) is 1. The van der Waals surface area contributed by atoms with Gasteiger partial charge in [0.15, 0.2) is 0 Å². The predicted octanol–water partition coefficient (Wildman–Crippen LogP) is 2.92. The van der Waals surface area contributed by atoms with Crippen molar-refractivity contribution in [2.45, 2.75) is 39.7 Å². The van der Waals surface area contributed by atoms with E-state index in [0.717, 1.165) is 47.8 Å². The van der Waals surface area contributed by atoms with Gasteiger partial charge in [0.2, 0.25) is 5.91 Å². The fraction of sp³-hybridized carbons (Fsp3) is 0.562. The monoisotopic (exact) mass is 318 g/mol. The number of rotatable bonds is 4. The molecule has 5 nitrogen and oxygen atoms in total. The van der Waals surface area contributed by atoms with Gasteiger partial charge in [-0.05, 0) is 17.9 Å². The van der Waals surface area contributed by atoms with E-state index in [1.807, 2.05) is 24.1 Å². The molecule has 1 amide bonds. The Hall–Kier alpha value is -1.69. The molecule has 0 spiro atoms. The Morgan fingerprint density at radius 1 is 1.50 bits per heavy atom. The summed E-state index contributed by atoms with van der Waals surface area (Å²) in [4.78, 5) is 24.3. The van der Waals surface area contributed by atoms with Crippen molar-refractivity contribution >= 4 is 33.3 Å². The van der Waals surface area contributed by atoms with Gasteiger partial charge in [-0.3, -0.25) is 4.79 Å². The summed E-state index contributed by atoms with van der Waals surface area (Å²) < 4.78 is 0. The van der Waals surface area contributed by atoms with Crippen LogP contribution >= 0.6 is 11.3 Å². The van der Waals surface area contributed by atoms with Gasteiger partial charge in [0.1, 0.15) is 16.5 Å². The van der Waals surface area contributed by atoms with Crippen molar-refractivity contribution in [2.24, 2.45) is 5.92 Å². The smallest absolute Gasteiger partial charge is 0.225 e. The number of nitrogens with zero attached hydrogens (tertiary/aromatic N) is 3. The number of fused-ring (bicyclic) bond motifs is 1. The maximum absolute atomic E-state index is 12.1. The summed E-state index contributed by atoms with van der Waals surface area (Å²) in [7, 11) is 0. The number of anilines is 1. The Bertz CT molecular complexity index is 682. The van der Waals surface area contributed by atoms with Gasteiger partial charge in [0.05, 0.1) is 5.39 Å². The Balaban J connectivity index is 1.77. The van der Waals surface area contributed by atoms with E-state index in [9.17, 15) is 4.79 Å². The summed E-state index contributed by atoms with van der Waals surface area (Å²) in [6, 6.07) is 2.33. The number of nitrogens with one attached hydrogen (secondary N) is 1. The number of hydrogen-bond donors (Lipinski definition) is 1. The maximum Gasteiger partial charge on any atom is 0.225 e. The third-order valence-electron chi connectivity index (χ3n) is 4.02. The Kier molecular flexibility index (Phi) is 4.29. The second-order valence-corrected chi connectivity index (χ2v) is 6.94. The third-order valence-corrected chi connectivity index (χ3v) is 4.83. The zero-order chi connectivity index (χ0) is 15.7. The number of hydrogen-bond acceptors (Lipinski definition) is 5. The largest absolute Gasteiger partial charge is 0.365 e. The average Bonchev–Trinajstić information content (AvgIpc) is 3.14. The number of carbonyl (C=O) groups is 1. The van der Waals surface area contributed by atoms with Crippen molar-refractivity contribution in [1.29, 1.82) is 0 Å². The van der Waals surface area contributed by atoms with E-state index in [1.54, 1.807) is 11.3 Å². The summed E-state index contributed by atoms with van der Waals surface area (Å²) in [6.07, 6.45) is 1.79. The first-order valence-electron chi connectivity index (χ1n) is 7.88. The van der Waals surface area contributed by atoms with E-state index < -0.39 is 0 Å². The Morgan fingerprint density at radius 2 is 2.32 bits per heavy atom. The quantitative estimate of drug-likeness (QED) is 0.941. The fourth-order valence-corrected chi connectivity index (χ4v) is 3.59. The van der Waals surface area contributed by atoms with Crippen LogP contribution in [0.1, 0.15) is 33.0 Å².